The maximum absolute atomic E-state index is 5.53. The summed E-state index contributed by atoms with van der Waals surface area (Å²) in [4.78, 5) is 11.4. The van der Waals surface area contributed by atoms with E-state index < -0.39 is 0 Å². The summed E-state index contributed by atoms with van der Waals surface area (Å²) in [5, 5.41) is 7.10. The summed E-state index contributed by atoms with van der Waals surface area (Å²) in [6, 6.07) is 4.22. The molecule has 1 aromatic heterocycles. The van der Waals surface area contributed by atoms with E-state index in [0.29, 0.717) is 5.41 Å². The quantitative estimate of drug-likeness (QED) is 0.556. The molecule has 1 saturated heterocycles. The molecule has 0 radical (unpaired) electrons. The molecule has 1 saturated carbocycles. The number of guanidine groups is 1. The number of nitrogens with one attached hydrogen (secondary N) is 2. The Bertz CT molecular complexity index is 604. The number of pyridine rings is 1. The van der Waals surface area contributed by atoms with Crippen LogP contribution >= 0.6 is 0 Å². The summed E-state index contributed by atoms with van der Waals surface area (Å²) in [5.74, 6) is 0.909. The number of nitrogens with zero attached hydrogens (tertiary/aromatic N) is 3. The molecule has 2 aliphatic rings. The van der Waals surface area contributed by atoms with E-state index in [1.165, 1.54) is 44.2 Å². The minimum absolute atomic E-state index is 0.355. The van der Waals surface area contributed by atoms with Crippen LogP contribution in [0.3, 0.4) is 0 Å². The van der Waals surface area contributed by atoms with Crippen LogP contribution in [0.4, 0.5) is 0 Å². The number of morpholine rings is 1. The second-order valence-electron chi connectivity index (χ2n) is 8.36. The van der Waals surface area contributed by atoms with E-state index in [2.05, 4.69) is 37.6 Å². The van der Waals surface area contributed by atoms with Crippen molar-refractivity contribution in [2.24, 2.45) is 10.4 Å². The van der Waals surface area contributed by atoms with E-state index in [4.69, 9.17) is 4.74 Å². The topological polar surface area (TPSA) is 61.8 Å². The second-order valence-corrected chi connectivity index (χ2v) is 8.36. The predicted molar refractivity (Wildman–Crippen MR) is 115 cm³/mol. The van der Waals surface area contributed by atoms with Crippen LogP contribution in [0.25, 0.3) is 0 Å². The van der Waals surface area contributed by atoms with Gasteiger partial charge in [-0.15, -0.1) is 0 Å². The second kappa shape index (κ2) is 10.8. The standard InChI is InChI=1S/C22H37N5O/c1-19-6-7-20(16-25-19)8-11-24-21(23-2)26-17-22(9-4-3-5-10-22)18-27-12-14-28-15-13-27/h6-7,16H,3-5,8-15,17-18H2,1-2H3,(H2,23,24,26). The molecule has 3 rings (SSSR count). The molecule has 0 bridgehead atoms. The molecule has 28 heavy (non-hydrogen) atoms. The van der Waals surface area contributed by atoms with E-state index in [-0.39, 0.29) is 0 Å². The lowest BCUT2D eigenvalue weighted by molar-refractivity contribution is 0.00820. The molecule has 0 atom stereocenters. The van der Waals surface area contributed by atoms with Crippen molar-refractivity contribution in [1.82, 2.24) is 20.5 Å². The number of aryl methyl sites for hydroxylation is 1. The Morgan fingerprint density at radius 3 is 2.64 bits per heavy atom. The van der Waals surface area contributed by atoms with Crippen LogP contribution in [0.2, 0.25) is 0 Å². The zero-order valence-electron chi connectivity index (χ0n) is 17.7. The number of ether oxygens (including phenoxy) is 1. The van der Waals surface area contributed by atoms with Crippen molar-refractivity contribution in [1.29, 1.82) is 0 Å². The monoisotopic (exact) mass is 387 g/mol. The zero-order valence-corrected chi connectivity index (χ0v) is 17.7. The smallest absolute Gasteiger partial charge is 0.191 e. The third kappa shape index (κ3) is 6.45. The number of hydrogen-bond acceptors (Lipinski definition) is 4. The first-order valence-corrected chi connectivity index (χ1v) is 10.9. The number of aromatic nitrogens is 1. The van der Waals surface area contributed by atoms with Crippen molar-refractivity contribution in [2.45, 2.75) is 45.4 Å². The maximum atomic E-state index is 5.53. The fourth-order valence-electron chi connectivity index (χ4n) is 4.39. The zero-order chi connectivity index (χ0) is 19.7. The Morgan fingerprint density at radius 1 is 1.18 bits per heavy atom. The van der Waals surface area contributed by atoms with Crippen LogP contribution in [-0.4, -0.2) is 68.8 Å². The highest BCUT2D eigenvalue weighted by Gasteiger charge is 2.34. The van der Waals surface area contributed by atoms with Gasteiger partial charge in [0.2, 0.25) is 0 Å². The van der Waals surface area contributed by atoms with Gasteiger partial charge in [-0.25, -0.2) is 0 Å². The van der Waals surface area contributed by atoms with Gasteiger partial charge in [0.05, 0.1) is 13.2 Å². The normalized spacial score (nSPS) is 20.7. The van der Waals surface area contributed by atoms with Crippen molar-refractivity contribution < 1.29 is 4.74 Å². The lowest BCUT2D eigenvalue weighted by Gasteiger charge is -2.42. The van der Waals surface area contributed by atoms with E-state index in [1.54, 1.807) is 0 Å². The van der Waals surface area contributed by atoms with Crippen LogP contribution in [0.15, 0.2) is 23.3 Å². The van der Waals surface area contributed by atoms with Crippen LogP contribution in [0.1, 0.15) is 43.4 Å². The summed E-state index contributed by atoms with van der Waals surface area (Å²) in [6.07, 6.45) is 9.60. The summed E-state index contributed by atoms with van der Waals surface area (Å²) < 4.78 is 5.53. The molecule has 6 heteroatoms. The molecule has 6 nitrogen and oxygen atoms in total. The van der Waals surface area contributed by atoms with E-state index in [1.807, 2.05) is 20.2 Å². The third-order valence-corrected chi connectivity index (χ3v) is 6.11. The van der Waals surface area contributed by atoms with Crippen LogP contribution in [-0.2, 0) is 11.2 Å². The largest absolute Gasteiger partial charge is 0.379 e. The van der Waals surface area contributed by atoms with Crippen LogP contribution < -0.4 is 10.6 Å². The first-order chi connectivity index (χ1) is 13.7. The van der Waals surface area contributed by atoms with Crippen LogP contribution in [0, 0.1) is 12.3 Å². The maximum Gasteiger partial charge on any atom is 0.191 e. The molecule has 1 aliphatic carbocycles. The Balaban J connectivity index is 1.48. The molecule has 0 unspecified atom stereocenters. The van der Waals surface area contributed by atoms with Crippen molar-refractivity contribution >= 4 is 5.96 Å². The van der Waals surface area contributed by atoms with Gasteiger partial charge in [-0.3, -0.25) is 14.9 Å². The summed E-state index contributed by atoms with van der Waals surface area (Å²) in [7, 11) is 1.86. The van der Waals surface area contributed by atoms with Gasteiger partial charge < -0.3 is 15.4 Å². The Kier molecular flexibility index (Phi) is 8.10. The fourth-order valence-corrected chi connectivity index (χ4v) is 4.39. The molecule has 156 valence electrons. The number of aliphatic imine (C=N–C) groups is 1. The van der Waals surface area contributed by atoms with Crippen molar-refractivity contribution in [3.63, 3.8) is 0 Å². The highest BCUT2D eigenvalue weighted by molar-refractivity contribution is 5.79. The molecule has 0 amide bonds. The lowest BCUT2D eigenvalue weighted by atomic mass is 9.73. The molecule has 0 spiro atoms. The summed E-state index contributed by atoms with van der Waals surface area (Å²) in [5.41, 5.74) is 2.67. The van der Waals surface area contributed by atoms with Crippen molar-refractivity contribution in [3.05, 3.63) is 29.6 Å². The Morgan fingerprint density at radius 2 is 1.96 bits per heavy atom. The first-order valence-electron chi connectivity index (χ1n) is 10.9. The van der Waals surface area contributed by atoms with Gasteiger partial charge in [-0.05, 0) is 37.8 Å². The average molecular weight is 388 g/mol. The highest BCUT2D eigenvalue weighted by Crippen LogP contribution is 2.36. The summed E-state index contributed by atoms with van der Waals surface area (Å²) >= 11 is 0. The van der Waals surface area contributed by atoms with E-state index in [9.17, 15) is 0 Å². The molecule has 2 N–H and O–H groups in total. The first kappa shape index (κ1) is 21.1. The number of rotatable bonds is 7. The Labute approximate surface area is 170 Å². The fraction of sp³-hybridized carbons (Fsp3) is 0.727. The van der Waals surface area contributed by atoms with Gasteiger partial charge in [0.25, 0.3) is 0 Å². The highest BCUT2D eigenvalue weighted by atomic mass is 16.5. The summed E-state index contributed by atoms with van der Waals surface area (Å²) in [6.45, 7) is 8.94. The number of hydrogen-bond donors (Lipinski definition) is 2. The molecule has 1 aromatic rings. The molecule has 2 fully saturated rings. The van der Waals surface area contributed by atoms with Gasteiger partial charge in [-0.2, -0.15) is 0 Å². The molecule has 2 heterocycles. The Hall–Kier alpha value is -1.66. The van der Waals surface area contributed by atoms with Crippen LogP contribution in [0.5, 0.6) is 0 Å². The lowest BCUT2D eigenvalue weighted by Crippen LogP contribution is -2.51. The minimum atomic E-state index is 0.355. The third-order valence-electron chi connectivity index (χ3n) is 6.11. The predicted octanol–water partition coefficient (Wildman–Crippen LogP) is 2.38. The molecule has 0 aromatic carbocycles. The van der Waals surface area contributed by atoms with Crippen molar-refractivity contribution in [3.8, 4) is 0 Å². The van der Waals surface area contributed by atoms with Gasteiger partial charge in [0.1, 0.15) is 0 Å². The van der Waals surface area contributed by atoms with Gasteiger partial charge >= 0.3 is 0 Å². The van der Waals surface area contributed by atoms with Gasteiger partial charge in [-0.1, -0.05) is 25.3 Å². The molecule has 1 aliphatic heterocycles. The van der Waals surface area contributed by atoms with E-state index in [0.717, 1.165) is 57.5 Å². The molecular weight excluding hydrogens is 350 g/mol. The van der Waals surface area contributed by atoms with Gasteiger partial charge in [0, 0.05) is 57.1 Å². The average Bonchev–Trinajstić information content (AvgIpc) is 2.73. The van der Waals surface area contributed by atoms with Gasteiger partial charge in [0.15, 0.2) is 5.96 Å². The SMILES string of the molecule is CN=C(NCCc1ccc(C)nc1)NCC1(CN2CCOCC2)CCCCC1. The van der Waals surface area contributed by atoms with E-state index >= 15 is 0 Å². The van der Waals surface area contributed by atoms with Crippen molar-refractivity contribution in [2.75, 3.05) is 53.0 Å². The minimum Gasteiger partial charge on any atom is -0.379 e. The molecular formula is C22H37N5O.